The van der Waals surface area contributed by atoms with Crippen molar-refractivity contribution in [1.82, 2.24) is 4.98 Å². The lowest BCUT2D eigenvalue weighted by Crippen LogP contribution is -2.01. The van der Waals surface area contributed by atoms with Gasteiger partial charge in [-0.2, -0.15) is 5.26 Å². The largest absolute Gasteiger partial charge is 0.494 e. The van der Waals surface area contributed by atoms with Crippen molar-refractivity contribution in [3.8, 4) is 17.6 Å². The molecule has 2 rings (SSSR count). The summed E-state index contributed by atoms with van der Waals surface area (Å²) in [5, 5.41) is 9.61. The highest BCUT2D eigenvalue weighted by atomic mass is 32.1. The molecule has 0 N–H and O–H groups in total. The van der Waals surface area contributed by atoms with Gasteiger partial charge < -0.3 is 9.47 Å². The van der Waals surface area contributed by atoms with E-state index in [0.29, 0.717) is 19.6 Å². The molecule has 0 saturated heterocycles. The fourth-order valence-corrected chi connectivity index (χ4v) is 2.51. The Balaban J connectivity index is 1.78. The summed E-state index contributed by atoms with van der Waals surface area (Å²) in [5.74, 6) is 1.67. The fraction of sp³-hybridized carbons (Fsp3) is 0.333. The maximum Gasteiger partial charge on any atom is 0.119 e. The lowest BCUT2D eigenvalue weighted by atomic mass is 10.3. The zero-order valence-electron chi connectivity index (χ0n) is 11.3. The van der Waals surface area contributed by atoms with E-state index in [1.54, 1.807) is 17.5 Å². The molecule has 0 unspecified atom stereocenters. The van der Waals surface area contributed by atoms with E-state index in [1.807, 2.05) is 31.2 Å². The van der Waals surface area contributed by atoms with Crippen LogP contribution in [0.5, 0.6) is 11.5 Å². The first-order chi connectivity index (χ1) is 9.81. The molecule has 20 heavy (non-hydrogen) atoms. The van der Waals surface area contributed by atoms with Crippen LogP contribution in [0, 0.1) is 11.3 Å². The molecule has 4 nitrogen and oxygen atoms in total. The summed E-state index contributed by atoms with van der Waals surface area (Å²) in [4.78, 5) is 5.28. The topological polar surface area (TPSA) is 55.1 Å². The van der Waals surface area contributed by atoms with Crippen LogP contribution in [0.4, 0.5) is 0 Å². The van der Waals surface area contributed by atoms with Crippen molar-refractivity contribution in [2.75, 3.05) is 13.2 Å². The summed E-state index contributed by atoms with van der Waals surface area (Å²) in [6.07, 6.45) is 2.95. The lowest BCUT2D eigenvalue weighted by molar-refractivity contribution is 0.318. The third-order valence-electron chi connectivity index (χ3n) is 2.57. The van der Waals surface area contributed by atoms with Gasteiger partial charge in [-0.15, -0.1) is 11.3 Å². The molecule has 0 bridgehead atoms. The third-order valence-corrected chi connectivity index (χ3v) is 3.63. The van der Waals surface area contributed by atoms with E-state index < -0.39 is 0 Å². The quantitative estimate of drug-likeness (QED) is 0.785. The van der Waals surface area contributed by atoms with E-state index in [2.05, 4.69) is 11.1 Å². The van der Waals surface area contributed by atoms with Crippen molar-refractivity contribution in [2.45, 2.75) is 19.8 Å². The van der Waals surface area contributed by atoms with Crippen LogP contribution in [-0.4, -0.2) is 18.2 Å². The minimum atomic E-state index is 0.428. The van der Waals surface area contributed by atoms with Crippen molar-refractivity contribution in [3.05, 3.63) is 40.3 Å². The molecular formula is C15H16N2O2S. The molecule has 0 aliphatic heterocycles. The molecule has 104 valence electrons. The number of rotatable bonds is 7. The van der Waals surface area contributed by atoms with Gasteiger partial charge in [0.25, 0.3) is 0 Å². The number of nitrogens with zero attached hydrogens (tertiary/aromatic N) is 2. The van der Waals surface area contributed by atoms with Gasteiger partial charge in [-0.1, -0.05) is 0 Å². The monoisotopic (exact) mass is 288 g/mol. The molecule has 0 saturated carbocycles. The van der Waals surface area contributed by atoms with Gasteiger partial charge in [-0.25, -0.2) is 4.98 Å². The molecular weight excluding hydrogens is 272 g/mol. The number of thiazole rings is 1. The zero-order chi connectivity index (χ0) is 14.2. The molecule has 0 radical (unpaired) electrons. The first-order valence-electron chi connectivity index (χ1n) is 6.48. The van der Waals surface area contributed by atoms with Crippen molar-refractivity contribution in [1.29, 1.82) is 5.26 Å². The van der Waals surface area contributed by atoms with E-state index >= 15 is 0 Å². The van der Waals surface area contributed by atoms with Crippen LogP contribution in [0.3, 0.4) is 0 Å². The first kappa shape index (κ1) is 14.4. The Morgan fingerprint density at radius 3 is 2.55 bits per heavy atom. The van der Waals surface area contributed by atoms with Gasteiger partial charge in [0, 0.05) is 17.5 Å². The standard InChI is InChI=1S/C15H16N2O2S/c1-2-18-12-3-5-13(6-4-12)19-10-8-15-17-11-14(20-15)7-9-16/h3-6,11H,2,7-8,10H2,1H3. The van der Waals surface area contributed by atoms with Crippen molar-refractivity contribution < 1.29 is 9.47 Å². The SMILES string of the molecule is CCOc1ccc(OCCc2ncc(CC#N)s2)cc1. The number of aromatic nitrogens is 1. The van der Waals surface area contributed by atoms with Gasteiger partial charge >= 0.3 is 0 Å². The van der Waals surface area contributed by atoms with Crippen LogP contribution in [0.1, 0.15) is 16.8 Å². The summed E-state index contributed by atoms with van der Waals surface area (Å²) < 4.78 is 11.0. The Morgan fingerprint density at radius 2 is 1.90 bits per heavy atom. The molecule has 1 aromatic heterocycles. The highest BCUT2D eigenvalue weighted by molar-refractivity contribution is 7.11. The molecule has 1 aromatic carbocycles. The molecule has 5 heteroatoms. The maximum absolute atomic E-state index is 8.61. The Labute approximate surface area is 122 Å². The van der Waals surface area contributed by atoms with E-state index in [-0.39, 0.29) is 0 Å². The zero-order valence-corrected chi connectivity index (χ0v) is 12.2. The van der Waals surface area contributed by atoms with Crippen molar-refractivity contribution in [2.24, 2.45) is 0 Å². The minimum absolute atomic E-state index is 0.428. The summed E-state index contributed by atoms with van der Waals surface area (Å²) in [6.45, 7) is 3.20. The van der Waals surface area contributed by atoms with Crippen LogP contribution in [0.2, 0.25) is 0 Å². The third kappa shape index (κ3) is 4.25. The predicted octanol–water partition coefficient (Wildman–Crippen LogP) is 3.23. The highest BCUT2D eigenvalue weighted by Gasteiger charge is 2.02. The summed E-state index contributed by atoms with van der Waals surface area (Å²) >= 11 is 1.57. The fourth-order valence-electron chi connectivity index (χ4n) is 1.68. The molecule has 0 aliphatic carbocycles. The van der Waals surface area contributed by atoms with Gasteiger partial charge in [0.2, 0.25) is 0 Å². The normalized spacial score (nSPS) is 10.0. The van der Waals surface area contributed by atoms with Gasteiger partial charge in [0.05, 0.1) is 30.7 Å². The van der Waals surface area contributed by atoms with Crippen LogP contribution in [0.25, 0.3) is 0 Å². The van der Waals surface area contributed by atoms with Crippen LogP contribution in [0.15, 0.2) is 30.5 Å². The van der Waals surface area contributed by atoms with Gasteiger partial charge in [-0.3, -0.25) is 0 Å². The number of ether oxygens (including phenoxy) is 2. The van der Waals surface area contributed by atoms with E-state index in [4.69, 9.17) is 14.7 Å². The highest BCUT2D eigenvalue weighted by Crippen LogP contribution is 2.18. The molecule has 0 atom stereocenters. The number of hydrogen-bond acceptors (Lipinski definition) is 5. The van der Waals surface area contributed by atoms with Gasteiger partial charge in [0.15, 0.2) is 0 Å². The molecule has 0 fully saturated rings. The van der Waals surface area contributed by atoms with Crippen LogP contribution >= 0.6 is 11.3 Å². The Kier molecular flexibility index (Phi) is 5.39. The molecule has 0 aliphatic rings. The summed E-state index contributed by atoms with van der Waals surface area (Å²) in [5.41, 5.74) is 0. The smallest absolute Gasteiger partial charge is 0.119 e. The lowest BCUT2D eigenvalue weighted by Gasteiger charge is -2.06. The number of benzene rings is 1. The van der Waals surface area contributed by atoms with Crippen molar-refractivity contribution in [3.63, 3.8) is 0 Å². The van der Waals surface area contributed by atoms with Crippen molar-refractivity contribution >= 4 is 11.3 Å². The summed E-state index contributed by atoms with van der Waals surface area (Å²) in [6, 6.07) is 9.71. The second-order valence-electron chi connectivity index (χ2n) is 4.06. The van der Waals surface area contributed by atoms with E-state index in [9.17, 15) is 0 Å². The molecule has 2 aromatic rings. The molecule has 1 heterocycles. The van der Waals surface area contributed by atoms with Gasteiger partial charge in [0.1, 0.15) is 11.5 Å². The van der Waals surface area contributed by atoms with E-state index in [1.165, 1.54) is 0 Å². The maximum atomic E-state index is 8.61. The molecule has 0 amide bonds. The Morgan fingerprint density at radius 1 is 1.20 bits per heavy atom. The van der Waals surface area contributed by atoms with Crippen LogP contribution in [-0.2, 0) is 12.8 Å². The first-order valence-corrected chi connectivity index (χ1v) is 7.29. The Bertz CT molecular complexity index is 572. The minimum Gasteiger partial charge on any atom is -0.494 e. The average molecular weight is 288 g/mol. The second-order valence-corrected chi connectivity index (χ2v) is 5.26. The second kappa shape index (κ2) is 7.51. The van der Waals surface area contributed by atoms with Gasteiger partial charge in [-0.05, 0) is 31.2 Å². The number of nitriles is 1. The Hall–Kier alpha value is -2.06. The molecule has 0 spiro atoms. The predicted molar refractivity (Wildman–Crippen MR) is 78.2 cm³/mol. The van der Waals surface area contributed by atoms with E-state index in [0.717, 1.165) is 27.8 Å². The van der Waals surface area contributed by atoms with Crippen LogP contribution < -0.4 is 9.47 Å². The summed E-state index contributed by atoms with van der Waals surface area (Å²) in [7, 11) is 0. The number of hydrogen-bond donors (Lipinski definition) is 0. The average Bonchev–Trinajstić information content (AvgIpc) is 2.89.